The maximum Gasteiger partial charge on any atom is 0.328 e. The van der Waals surface area contributed by atoms with Gasteiger partial charge in [-0.2, -0.15) is 0 Å². The van der Waals surface area contributed by atoms with E-state index >= 15 is 0 Å². The number of ether oxygens (including phenoxy) is 1. The van der Waals surface area contributed by atoms with E-state index < -0.39 is 18.2 Å². The van der Waals surface area contributed by atoms with Crippen molar-refractivity contribution in [3.05, 3.63) is 34.9 Å². The zero-order valence-corrected chi connectivity index (χ0v) is 17.4. The predicted octanol–water partition coefficient (Wildman–Crippen LogP) is 2.03. The number of esters is 1. The van der Waals surface area contributed by atoms with Gasteiger partial charge in [-0.1, -0.05) is 35.5 Å². The van der Waals surface area contributed by atoms with E-state index in [1.165, 1.54) is 28.7 Å². The number of aliphatic imine (C=N–C) groups is 1. The molecule has 0 radical (unpaired) electrons. The van der Waals surface area contributed by atoms with Gasteiger partial charge < -0.3 is 14.5 Å². The molecule has 150 valence electrons. The van der Waals surface area contributed by atoms with Crippen molar-refractivity contribution >= 4 is 46.4 Å². The maximum absolute atomic E-state index is 13.2. The average Bonchev–Trinajstić information content (AvgIpc) is 3.08. The summed E-state index contributed by atoms with van der Waals surface area (Å²) in [7, 11) is 2.95. The molecule has 3 amide bonds. The van der Waals surface area contributed by atoms with Crippen LogP contribution in [0.5, 0.6) is 0 Å². The molecule has 2 heterocycles. The number of methoxy groups -OCH3 is 1. The number of thioether (sulfide) groups is 1. The van der Waals surface area contributed by atoms with Crippen molar-refractivity contribution < 1.29 is 19.1 Å². The van der Waals surface area contributed by atoms with Gasteiger partial charge in [0.1, 0.15) is 0 Å². The third-order valence-electron chi connectivity index (χ3n) is 4.70. The summed E-state index contributed by atoms with van der Waals surface area (Å²) in [5.41, 5.74) is 0.806. The van der Waals surface area contributed by atoms with Crippen molar-refractivity contribution in [1.82, 2.24) is 14.7 Å². The van der Waals surface area contributed by atoms with E-state index in [1.807, 2.05) is 11.8 Å². The van der Waals surface area contributed by atoms with E-state index in [-0.39, 0.29) is 24.2 Å². The minimum Gasteiger partial charge on any atom is -0.468 e. The summed E-state index contributed by atoms with van der Waals surface area (Å²) in [6.45, 7) is 2.59. The lowest BCUT2D eigenvalue weighted by Crippen LogP contribution is -2.64. The van der Waals surface area contributed by atoms with Gasteiger partial charge in [0, 0.05) is 18.6 Å². The number of hydrogen-bond acceptors (Lipinski definition) is 7. The van der Waals surface area contributed by atoms with Gasteiger partial charge in [-0.25, -0.2) is 9.79 Å². The number of nitrogens with zero attached hydrogens (tertiary/aromatic N) is 4. The Morgan fingerprint density at radius 3 is 2.57 bits per heavy atom. The van der Waals surface area contributed by atoms with E-state index in [0.717, 1.165) is 5.56 Å². The summed E-state index contributed by atoms with van der Waals surface area (Å²) < 4.78 is 4.67. The molecule has 8 nitrogen and oxygen atoms in total. The van der Waals surface area contributed by atoms with Gasteiger partial charge in [-0.15, -0.1) is 0 Å². The van der Waals surface area contributed by atoms with Crippen LogP contribution in [-0.2, 0) is 20.9 Å². The molecule has 2 atom stereocenters. The van der Waals surface area contributed by atoms with Crippen molar-refractivity contribution in [3.63, 3.8) is 0 Å². The molecule has 2 unspecified atom stereocenters. The summed E-state index contributed by atoms with van der Waals surface area (Å²) >= 11 is 7.12. The number of fused-ring (bicyclic) bond motifs is 1. The molecule has 2 aliphatic rings. The lowest BCUT2D eigenvalue weighted by molar-refractivity contribution is -0.138. The van der Waals surface area contributed by atoms with Crippen LogP contribution >= 0.6 is 23.4 Å². The lowest BCUT2D eigenvalue weighted by atomic mass is 10.1. The number of rotatable bonds is 5. The first-order chi connectivity index (χ1) is 13.4. The first kappa shape index (κ1) is 20.5. The summed E-state index contributed by atoms with van der Waals surface area (Å²) in [4.78, 5) is 46.5. The summed E-state index contributed by atoms with van der Waals surface area (Å²) in [5.74, 6) is -0.591. The molecule has 0 aromatic heterocycles. The Kier molecular flexibility index (Phi) is 6.14. The number of carbonyl (C=O) groups excluding carboxylic acids is 3. The minimum absolute atomic E-state index is 0.0889. The van der Waals surface area contributed by atoms with Crippen molar-refractivity contribution in [2.75, 3.05) is 26.5 Å². The van der Waals surface area contributed by atoms with Crippen molar-refractivity contribution in [2.24, 2.45) is 4.99 Å². The number of urea groups is 1. The van der Waals surface area contributed by atoms with Crippen LogP contribution in [0.2, 0.25) is 5.02 Å². The molecule has 1 fully saturated rings. The van der Waals surface area contributed by atoms with Crippen LogP contribution in [0, 0.1) is 0 Å². The molecular formula is C18H21ClN4O4S. The van der Waals surface area contributed by atoms with Crippen molar-refractivity contribution in [3.8, 4) is 0 Å². The van der Waals surface area contributed by atoms with Gasteiger partial charge >= 0.3 is 12.0 Å². The van der Waals surface area contributed by atoms with Crippen LogP contribution < -0.4 is 0 Å². The second kappa shape index (κ2) is 8.40. The molecule has 1 saturated heterocycles. The molecule has 28 heavy (non-hydrogen) atoms. The Labute approximate surface area is 172 Å². The quantitative estimate of drug-likeness (QED) is 0.672. The second-order valence-corrected chi connectivity index (χ2v) is 7.74. The number of hydrogen-bond donors (Lipinski definition) is 0. The van der Waals surface area contributed by atoms with E-state index in [9.17, 15) is 14.4 Å². The Hall–Kier alpha value is -2.26. The van der Waals surface area contributed by atoms with Crippen LogP contribution in [0.3, 0.4) is 0 Å². The molecule has 0 N–H and O–H groups in total. The zero-order valence-electron chi connectivity index (χ0n) is 15.8. The molecular weight excluding hydrogens is 404 g/mol. The van der Waals surface area contributed by atoms with Crippen LogP contribution in [0.4, 0.5) is 4.79 Å². The van der Waals surface area contributed by atoms with Gasteiger partial charge in [-0.3, -0.25) is 14.5 Å². The minimum atomic E-state index is -0.611. The average molecular weight is 425 g/mol. The molecule has 0 spiro atoms. The third kappa shape index (κ3) is 3.81. The van der Waals surface area contributed by atoms with E-state index in [1.54, 1.807) is 31.3 Å². The number of imide groups is 1. The highest BCUT2D eigenvalue weighted by Gasteiger charge is 2.51. The number of benzene rings is 1. The van der Waals surface area contributed by atoms with E-state index in [4.69, 9.17) is 11.6 Å². The number of likely N-dealkylation sites (N-methyl/N-ethyl adjacent to an activating group) is 2. The maximum atomic E-state index is 13.2. The molecule has 1 aromatic rings. The van der Waals surface area contributed by atoms with Crippen LogP contribution in [0.1, 0.15) is 12.5 Å². The highest BCUT2D eigenvalue weighted by Crippen LogP contribution is 2.31. The van der Waals surface area contributed by atoms with Crippen LogP contribution in [0.15, 0.2) is 29.3 Å². The van der Waals surface area contributed by atoms with Crippen molar-refractivity contribution in [2.45, 2.75) is 25.7 Å². The normalized spacial score (nSPS) is 21.7. The first-order valence-corrected chi connectivity index (χ1v) is 10.1. The Balaban J connectivity index is 1.82. The fraction of sp³-hybridized carbons (Fsp3) is 0.444. The largest absolute Gasteiger partial charge is 0.468 e. The number of halogens is 1. The smallest absolute Gasteiger partial charge is 0.328 e. The highest BCUT2D eigenvalue weighted by atomic mass is 35.5. The summed E-state index contributed by atoms with van der Waals surface area (Å²) in [6, 6.07) is 6.01. The number of carbonyl (C=O) groups is 3. The molecule has 1 aromatic carbocycles. The number of amidine groups is 1. The Morgan fingerprint density at radius 1 is 1.29 bits per heavy atom. The highest BCUT2D eigenvalue weighted by molar-refractivity contribution is 8.14. The van der Waals surface area contributed by atoms with Crippen LogP contribution in [0.25, 0.3) is 0 Å². The Morgan fingerprint density at radius 2 is 1.96 bits per heavy atom. The molecule has 0 bridgehead atoms. The van der Waals surface area contributed by atoms with Gasteiger partial charge in [0.15, 0.2) is 17.4 Å². The van der Waals surface area contributed by atoms with Gasteiger partial charge in [0.2, 0.25) is 0 Å². The standard InChI is InChI=1S/C18H21ClN4O4S/c1-4-22-14-15(20-17(22)28-10-13(24)27-3)21(2)18(26)23(16(14)25)9-11-5-7-12(19)8-6-11/h5-8,14-15H,4,9-10H2,1-3H3. The topological polar surface area (TPSA) is 82.5 Å². The SMILES string of the molecule is CCN1C(SCC(=O)OC)=NC2C1C(=O)N(Cc1ccc(Cl)cc1)C(=O)N2C. The third-order valence-corrected chi connectivity index (χ3v) is 5.93. The second-order valence-electron chi connectivity index (χ2n) is 6.37. The first-order valence-electron chi connectivity index (χ1n) is 8.74. The fourth-order valence-corrected chi connectivity index (χ4v) is 4.29. The van der Waals surface area contributed by atoms with Gasteiger partial charge in [0.05, 0.1) is 19.4 Å². The number of amides is 3. The zero-order chi connectivity index (χ0) is 20.4. The van der Waals surface area contributed by atoms with Gasteiger partial charge in [-0.05, 0) is 24.6 Å². The molecule has 0 saturated carbocycles. The van der Waals surface area contributed by atoms with Crippen LogP contribution in [-0.4, -0.2) is 76.4 Å². The molecule has 2 aliphatic heterocycles. The lowest BCUT2D eigenvalue weighted by Gasteiger charge is -2.41. The van der Waals surface area contributed by atoms with E-state index in [0.29, 0.717) is 16.7 Å². The Bertz CT molecular complexity index is 816. The molecule has 10 heteroatoms. The monoisotopic (exact) mass is 424 g/mol. The van der Waals surface area contributed by atoms with Gasteiger partial charge in [0.25, 0.3) is 5.91 Å². The predicted molar refractivity (Wildman–Crippen MR) is 107 cm³/mol. The molecule has 0 aliphatic carbocycles. The van der Waals surface area contributed by atoms with Crippen molar-refractivity contribution in [1.29, 1.82) is 0 Å². The molecule has 3 rings (SSSR count). The van der Waals surface area contributed by atoms with E-state index in [2.05, 4.69) is 9.73 Å². The fourth-order valence-electron chi connectivity index (χ4n) is 3.21. The summed E-state index contributed by atoms with van der Waals surface area (Å²) in [6.07, 6.45) is -0.610. The summed E-state index contributed by atoms with van der Waals surface area (Å²) in [5, 5.41) is 1.15.